The van der Waals surface area contributed by atoms with Gasteiger partial charge in [-0.15, -0.1) is 0 Å². The molecule has 1 fully saturated rings. The van der Waals surface area contributed by atoms with Crippen LogP contribution in [0.25, 0.3) is 0 Å². The van der Waals surface area contributed by atoms with E-state index in [0.717, 1.165) is 13.0 Å². The highest BCUT2D eigenvalue weighted by Crippen LogP contribution is 2.16. The molecule has 1 aromatic heterocycles. The molecule has 0 radical (unpaired) electrons. The summed E-state index contributed by atoms with van der Waals surface area (Å²) in [6.45, 7) is 2.85. The van der Waals surface area contributed by atoms with E-state index in [9.17, 15) is 9.59 Å². The Balaban J connectivity index is 2.02. The minimum absolute atomic E-state index is 0.138. The van der Waals surface area contributed by atoms with Crippen LogP contribution in [0.3, 0.4) is 0 Å². The zero-order valence-corrected chi connectivity index (χ0v) is 11.7. The summed E-state index contributed by atoms with van der Waals surface area (Å²) >= 11 is 0. The molecule has 7 heteroatoms. The third-order valence-corrected chi connectivity index (χ3v) is 3.16. The molecule has 2 rings (SSSR count). The largest absolute Gasteiger partial charge is 0.358 e. The number of piperidine rings is 1. The molecule has 1 aromatic rings. The van der Waals surface area contributed by atoms with Gasteiger partial charge in [0.1, 0.15) is 11.9 Å². The fraction of sp³-hybridized carbons (Fsp3) is 0.538. The molecular formula is C13H19N5O2. The van der Waals surface area contributed by atoms with Crippen molar-refractivity contribution in [3.05, 3.63) is 12.3 Å². The molecule has 2 amide bonds. The van der Waals surface area contributed by atoms with Crippen LogP contribution < -0.4 is 10.6 Å². The summed E-state index contributed by atoms with van der Waals surface area (Å²) in [6, 6.07) is 1.30. The molecule has 2 heterocycles. The molecule has 1 unspecified atom stereocenters. The maximum absolute atomic E-state index is 12.0. The summed E-state index contributed by atoms with van der Waals surface area (Å²) in [7, 11) is 1.51. The van der Waals surface area contributed by atoms with Crippen LogP contribution in [0.5, 0.6) is 0 Å². The number of carbonyl (C=O) groups excluding carboxylic acids is 2. The molecule has 1 atom stereocenters. The Morgan fingerprint density at radius 1 is 1.45 bits per heavy atom. The normalized spacial score (nSPS) is 19.1. The predicted molar refractivity (Wildman–Crippen MR) is 75.2 cm³/mol. The first-order valence-electron chi connectivity index (χ1n) is 6.75. The highest BCUT2D eigenvalue weighted by molar-refractivity contribution is 6.01. The third-order valence-electron chi connectivity index (χ3n) is 3.16. The molecule has 0 saturated carbocycles. The Morgan fingerprint density at radius 3 is 3.00 bits per heavy atom. The number of aromatic nitrogens is 2. The van der Waals surface area contributed by atoms with Gasteiger partial charge in [-0.3, -0.25) is 14.5 Å². The van der Waals surface area contributed by atoms with Crippen LogP contribution in [-0.2, 0) is 9.59 Å². The summed E-state index contributed by atoms with van der Waals surface area (Å²) in [5.41, 5.74) is 0. The number of imide groups is 1. The number of amides is 2. The zero-order chi connectivity index (χ0) is 14.5. The van der Waals surface area contributed by atoms with Crippen LogP contribution in [0.15, 0.2) is 12.3 Å². The minimum atomic E-state index is -0.411. The number of rotatable bonds is 5. The summed E-state index contributed by atoms with van der Waals surface area (Å²) in [5, 5.41) is 6.15. The lowest BCUT2D eigenvalue weighted by atomic mass is 10.0. The molecule has 1 aliphatic heterocycles. The van der Waals surface area contributed by atoms with Crippen molar-refractivity contribution in [2.24, 2.45) is 0 Å². The first kappa shape index (κ1) is 14.2. The van der Waals surface area contributed by atoms with Gasteiger partial charge in [0.15, 0.2) is 0 Å². The molecule has 0 bridgehead atoms. The van der Waals surface area contributed by atoms with Crippen molar-refractivity contribution in [3.8, 4) is 0 Å². The fourth-order valence-corrected chi connectivity index (χ4v) is 1.99. The van der Waals surface area contributed by atoms with Crippen molar-refractivity contribution in [2.45, 2.75) is 32.2 Å². The summed E-state index contributed by atoms with van der Waals surface area (Å²) in [6.07, 6.45) is 3.47. The quantitative estimate of drug-likeness (QED) is 0.776. The van der Waals surface area contributed by atoms with E-state index in [2.05, 4.69) is 27.5 Å². The second kappa shape index (κ2) is 6.31. The number of likely N-dealkylation sites (N-methyl/N-ethyl adjacent to an activating group) is 1. The molecule has 2 N–H and O–H groups in total. The van der Waals surface area contributed by atoms with Gasteiger partial charge in [0.2, 0.25) is 11.9 Å². The van der Waals surface area contributed by atoms with Crippen LogP contribution in [0, 0.1) is 0 Å². The van der Waals surface area contributed by atoms with Crippen molar-refractivity contribution in [3.63, 3.8) is 0 Å². The number of hydrogen-bond acceptors (Lipinski definition) is 6. The van der Waals surface area contributed by atoms with E-state index in [0.29, 0.717) is 24.6 Å². The molecule has 0 aliphatic carbocycles. The SMILES string of the molecule is CCCNc1nccc(NC2CCC(=O)N(C)C2=O)n1. The van der Waals surface area contributed by atoms with Crippen LogP contribution in [0.1, 0.15) is 26.2 Å². The Kier molecular flexibility index (Phi) is 4.49. The molecule has 1 aliphatic rings. The highest BCUT2D eigenvalue weighted by Gasteiger charge is 2.31. The Bertz CT molecular complexity index is 505. The average Bonchev–Trinajstić information content (AvgIpc) is 2.46. The van der Waals surface area contributed by atoms with Crippen molar-refractivity contribution in [1.29, 1.82) is 0 Å². The lowest BCUT2D eigenvalue weighted by molar-refractivity contribution is -0.146. The maximum Gasteiger partial charge on any atom is 0.251 e. The van der Waals surface area contributed by atoms with Gasteiger partial charge in [-0.2, -0.15) is 4.98 Å². The Hall–Kier alpha value is -2.18. The van der Waals surface area contributed by atoms with Gasteiger partial charge in [0, 0.05) is 26.2 Å². The summed E-state index contributed by atoms with van der Waals surface area (Å²) in [4.78, 5) is 33.0. The van der Waals surface area contributed by atoms with Gasteiger partial charge in [-0.05, 0) is 18.9 Å². The van der Waals surface area contributed by atoms with E-state index in [-0.39, 0.29) is 11.8 Å². The van der Waals surface area contributed by atoms with Crippen LogP contribution in [-0.4, -0.2) is 46.3 Å². The first-order valence-corrected chi connectivity index (χ1v) is 6.75. The van der Waals surface area contributed by atoms with Crippen LogP contribution >= 0.6 is 0 Å². The second-order valence-corrected chi connectivity index (χ2v) is 4.72. The molecule has 0 aromatic carbocycles. The van der Waals surface area contributed by atoms with Crippen molar-refractivity contribution in [2.75, 3.05) is 24.2 Å². The lowest BCUT2D eigenvalue weighted by Crippen LogP contribution is -2.48. The summed E-state index contributed by atoms with van der Waals surface area (Å²) in [5.74, 6) is 0.758. The van der Waals surface area contributed by atoms with Gasteiger partial charge >= 0.3 is 0 Å². The van der Waals surface area contributed by atoms with E-state index in [1.54, 1.807) is 12.3 Å². The minimum Gasteiger partial charge on any atom is -0.358 e. The third kappa shape index (κ3) is 3.23. The van der Waals surface area contributed by atoms with Gasteiger partial charge in [-0.1, -0.05) is 6.92 Å². The highest BCUT2D eigenvalue weighted by atomic mass is 16.2. The Labute approximate surface area is 117 Å². The molecule has 1 saturated heterocycles. The number of likely N-dealkylation sites (tertiary alicyclic amines) is 1. The number of hydrogen-bond donors (Lipinski definition) is 2. The number of carbonyl (C=O) groups is 2. The van der Waals surface area contributed by atoms with Gasteiger partial charge in [0.25, 0.3) is 5.91 Å². The van der Waals surface area contributed by atoms with E-state index in [1.165, 1.54) is 11.9 Å². The fourth-order valence-electron chi connectivity index (χ4n) is 1.99. The predicted octanol–water partition coefficient (Wildman–Crippen LogP) is 0.858. The van der Waals surface area contributed by atoms with Gasteiger partial charge < -0.3 is 10.6 Å². The number of nitrogens with one attached hydrogen (secondary N) is 2. The van der Waals surface area contributed by atoms with Crippen LogP contribution in [0.2, 0.25) is 0 Å². The molecule has 0 spiro atoms. The van der Waals surface area contributed by atoms with E-state index < -0.39 is 6.04 Å². The molecule has 20 heavy (non-hydrogen) atoms. The van der Waals surface area contributed by atoms with Crippen molar-refractivity contribution < 1.29 is 9.59 Å². The zero-order valence-electron chi connectivity index (χ0n) is 11.7. The number of anilines is 2. The topological polar surface area (TPSA) is 87.2 Å². The molecule has 108 valence electrons. The first-order chi connectivity index (χ1) is 9.61. The van der Waals surface area contributed by atoms with Crippen molar-refractivity contribution in [1.82, 2.24) is 14.9 Å². The maximum atomic E-state index is 12.0. The Morgan fingerprint density at radius 2 is 2.25 bits per heavy atom. The second-order valence-electron chi connectivity index (χ2n) is 4.72. The monoisotopic (exact) mass is 277 g/mol. The summed E-state index contributed by atoms with van der Waals surface area (Å²) < 4.78 is 0. The smallest absolute Gasteiger partial charge is 0.251 e. The van der Waals surface area contributed by atoms with E-state index in [1.807, 2.05) is 0 Å². The lowest BCUT2D eigenvalue weighted by Gasteiger charge is -2.28. The molecular weight excluding hydrogens is 258 g/mol. The molecule has 7 nitrogen and oxygen atoms in total. The number of nitrogens with zero attached hydrogens (tertiary/aromatic N) is 3. The standard InChI is InChI=1S/C13H19N5O2/c1-3-7-14-13-15-8-6-10(17-13)16-9-4-5-11(19)18(2)12(9)20/h6,8-9H,3-5,7H2,1-2H3,(H2,14,15,16,17). The van der Waals surface area contributed by atoms with E-state index >= 15 is 0 Å². The van der Waals surface area contributed by atoms with Gasteiger partial charge in [0.05, 0.1) is 0 Å². The average molecular weight is 277 g/mol. The van der Waals surface area contributed by atoms with Crippen LogP contribution in [0.4, 0.5) is 11.8 Å². The van der Waals surface area contributed by atoms with Gasteiger partial charge in [-0.25, -0.2) is 4.98 Å². The van der Waals surface area contributed by atoms with E-state index in [4.69, 9.17) is 0 Å². The van der Waals surface area contributed by atoms with Crippen molar-refractivity contribution >= 4 is 23.6 Å².